The lowest BCUT2D eigenvalue weighted by Crippen LogP contribution is -2.00. The van der Waals surface area contributed by atoms with Crippen molar-refractivity contribution in [1.82, 2.24) is 4.98 Å². The Hall–Kier alpha value is -2.07. The van der Waals surface area contributed by atoms with E-state index in [1.165, 1.54) is 6.07 Å². The number of hydrogen-bond acceptors (Lipinski definition) is 2. The fourth-order valence-corrected chi connectivity index (χ4v) is 2.48. The van der Waals surface area contributed by atoms with Crippen LogP contribution in [0.25, 0.3) is 11.6 Å². The van der Waals surface area contributed by atoms with Crippen molar-refractivity contribution in [2.45, 2.75) is 18.9 Å². The maximum atomic E-state index is 13.9. The fourth-order valence-electron chi connectivity index (χ4n) is 2.48. The van der Waals surface area contributed by atoms with Crippen LogP contribution in [0, 0.1) is 11.6 Å². The second kappa shape index (κ2) is 5.13. The highest BCUT2D eigenvalue weighted by molar-refractivity contribution is 5.83. The van der Waals surface area contributed by atoms with Gasteiger partial charge in [-0.1, -0.05) is 18.2 Å². The molecule has 0 bridgehead atoms. The molecule has 0 aliphatic heterocycles. The van der Waals surface area contributed by atoms with Gasteiger partial charge in [-0.05, 0) is 42.2 Å². The lowest BCUT2D eigenvalue weighted by Gasteiger charge is -2.09. The van der Waals surface area contributed by atoms with E-state index in [4.69, 9.17) is 0 Å². The van der Waals surface area contributed by atoms with Crippen LogP contribution in [0.1, 0.15) is 35.8 Å². The highest BCUT2D eigenvalue weighted by Gasteiger charge is 2.20. The lowest BCUT2D eigenvalue weighted by atomic mass is 9.99. The zero-order chi connectivity index (χ0) is 14.1. The minimum Gasteiger partial charge on any atom is -0.387 e. The Morgan fingerprint density at radius 1 is 1.15 bits per heavy atom. The van der Waals surface area contributed by atoms with Gasteiger partial charge in [0.2, 0.25) is 0 Å². The molecule has 0 radical (unpaired) electrons. The van der Waals surface area contributed by atoms with E-state index in [9.17, 15) is 13.9 Å². The molecule has 0 unspecified atom stereocenters. The van der Waals surface area contributed by atoms with Gasteiger partial charge in [0.15, 0.2) is 11.6 Å². The van der Waals surface area contributed by atoms with E-state index in [0.29, 0.717) is 24.1 Å². The second-order valence-corrected chi connectivity index (χ2v) is 4.80. The zero-order valence-corrected chi connectivity index (χ0v) is 10.7. The van der Waals surface area contributed by atoms with Crippen molar-refractivity contribution in [3.63, 3.8) is 0 Å². The molecule has 1 heterocycles. The number of aromatic nitrogens is 1. The number of aliphatic hydroxyl groups excluding tert-OH is 1. The quantitative estimate of drug-likeness (QED) is 0.858. The Labute approximate surface area is 115 Å². The van der Waals surface area contributed by atoms with Crippen LogP contribution >= 0.6 is 0 Å². The second-order valence-electron chi connectivity index (χ2n) is 4.80. The van der Waals surface area contributed by atoms with Gasteiger partial charge in [0.05, 0.1) is 11.8 Å². The van der Waals surface area contributed by atoms with Crippen molar-refractivity contribution in [1.29, 1.82) is 0 Å². The monoisotopic (exact) mass is 273 g/mol. The van der Waals surface area contributed by atoms with Gasteiger partial charge in [-0.2, -0.15) is 0 Å². The molecule has 1 aromatic heterocycles. The summed E-state index contributed by atoms with van der Waals surface area (Å²) in [5, 5.41) is 10.1. The first-order chi connectivity index (χ1) is 9.66. The third-order valence-electron chi connectivity index (χ3n) is 3.50. The zero-order valence-electron chi connectivity index (χ0n) is 10.7. The van der Waals surface area contributed by atoms with Crippen LogP contribution in [0.15, 0.2) is 36.5 Å². The SMILES string of the molecule is O[C@@H]1CCC(c2cccc(F)c2F)=Cc2cccnc21. The molecular weight excluding hydrogens is 260 g/mol. The van der Waals surface area contributed by atoms with Gasteiger partial charge in [0.25, 0.3) is 0 Å². The minimum absolute atomic E-state index is 0.244. The molecule has 1 N–H and O–H groups in total. The van der Waals surface area contributed by atoms with Crippen molar-refractivity contribution in [3.8, 4) is 0 Å². The van der Waals surface area contributed by atoms with E-state index in [2.05, 4.69) is 4.98 Å². The largest absolute Gasteiger partial charge is 0.387 e. The molecule has 1 atom stereocenters. The van der Waals surface area contributed by atoms with Crippen LogP contribution in [0.5, 0.6) is 0 Å². The van der Waals surface area contributed by atoms with E-state index < -0.39 is 17.7 Å². The standard InChI is InChI=1S/C16H13F2NO/c17-13-5-1-4-12(15(13)18)10-6-7-14(20)16-11(9-10)3-2-8-19-16/h1-5,8-9,14,20H,6-7H2/t14-/m1/s1. The number of halogens is 2. The summed E-state index contributed by atoms with van der Waals surface area (Å²) >= 11 is 0. The summed E-state index contributed by atoms with van der Waals surface area (Å²) in [6.45, 7) is 0. The molecule has 0 spiro atoms. The molecule has 0 saturated carbocycles. The number of pyridine rings is 1. The Morgan fingerprint density at radius 2 is 2.00 bits per heavy atom. The summed E-state index contributed by atoms with van der Waals surface area (Å²) in [4.78, 5) is 4.17. The average Bonchev–Trinajstić information content (AvgIpc) is 2.62. The van der Waals surface area contributed by atoms with Gasteiger partial charge in [0, 0.05) is 11.8 Å². The fraction of sp³-hybridized carbons (Fsp3) is 0.188. The van der Waals surface area contributed by atoms with Crippen molar-refractivity contribution >= 4 is 11.6 Å². The van der Waals surface area contributed by atoms with Gasteiger partial charge in [0.1, 0.15) is 0 Å². The number of hydrogen-bond donors (Lipinski definition) is 1. The summed E-state index contributed by atoms with van der Waals surface area (Å²) in [6, 6.07) is 7.71. The minimum atomic E-state index is -0.861. The molecule has 4 heteroatoms. The Bertz CT molecular complexity index is 682. The van der Waals surface area contributed by atoms with Gasteiger partial charge in [-0.3, -0.25) is 4.98 Å². The van der Waals surface area contributed by atoms with E-state index in [1.807, 2.05) is 6.07 Å². The smallest absolute Gasteiger partial charge is 0.166 e. The molecule has 102 valence electrons. The number of rotatable bonds is 1. The third kappa shape index (κ3) is 2.23. The van der Waals surface area contributed by atoms with Crippen LogP contribution in [-0.4, -0.2) is 10.1 Å². The van der Waals surface area contributed by atoms with Crippen molar-refractivity contribution in [2.24, 2.45) is 0 Å². The Balaban J connectivity index is 2.12. The molecule has 0 amide bonds. The molecule has 1 aliphatic carbocycles. The maximum absolute atomic E-state index is 13.9. The number of nitrogens with zero attached hydrogens (tertiary/aromatic N) is 1. The van der Waals surface area contributed by atoms with Gasteiger partial charge >= 0.3 is 0 Å². The first-order valence-corrected chi connectivity index (χ1v) is 6.45. The maximum Gasteiger partial charge on any atom is 0.166 e. The van der Waals surface area contributed by atoms with Crippen molar-refractivity contribution < 1.29 is 13.9 Å². The van der Waals surface area contributed by atoms with Crippen molar-refractivity contribution in [3.05, 3.63) is 65.0 Å². The van der Waals surface area contributed by atoms with Crippen LogP contribution < -0.4 is 0 Å². The summed E-state index contributed by atoms with van der Waals surface area (Å²) in [5.41, 5.74) is 2.25. The van der Waals surface area contributed by atoms with Crippen LogP contribution in [-0.2, 0) is 0 Å². The third-order valence-corrected chi connectivity index (χ3v) is 3.50. The summed E-state index contributed by atoms with van der Waals surface area (Å²) < 4.78 is 27.2. The summed E-state index contributed by atoms with van der Waals surface area (Å²) in [5.74, 6) is -1.71. The topological polar surface area (TPSA) is 33.1 Å². The average molecular weight is 273 g/mol. The number of aliphatic hydroxyl groups is 1. The first kappa shape index (κ1) is 12.9. The Morgan fingerprint density at radius 3 is 2.85 bits per heavy atom. The first-order valence-electron chi connectivity index (χ1n) is 6.45. The molecule has 20 heavy (non-hydrogen) atoms. The number of benzene rings is 1. The summed E-state index contributed by atoms with van der Waals surface area (Å²) in [7, 11) is 0. The van der Waals surface area contributed by atoms with E-state index in [-0.39, 0.29) is 5.56 Å². The van der Waals surface area contributed by atoms with Crippen LogP contribution in [0.4, 0.5) is 8.78 Å². The van der Waals surface area contributed by atoms with E-state index in [1.54, 1.807) is 24.4 Å². The molecule has 2 nitrogen and oxygen atoms in total. The van der Waals surface area contributed by atoms with E-state index >= 15 is 0 Å². The number of allylic oxidation sites excluding steroid dienone is 1. The molecule has 0 fully saturated rings. The summed E-state index contributed by atoms with van der Waals surface area (Å²) in [6.07, 6.45) is 3.61. The lowest BCUT2D eigenvalue weighted by molar-refractivity contribution is 0.165. The van der Waals surface area contributed by atoms with E-state index in [0.717, 1.165) is 11.6 Å². The predicted octanol–water partition coefficient (Wildman–Crippen LogP) is 3.73. The normalized spacial score (nSPS) is 18.1. The predicted molar refractivity (Wildman–Crippen MR) is 72.7 cm³/mol. The van der Waals surface area contributed by atoms with Crippen LogP contribution in [0.2, 0.25) is 0 Å². The highest BCUT2D eigenvalue weighted by atomic mass is 19.2. The molecule has 2 aromatic rings. The van der Waals surface area contributed by atoms with Crippen LogP contribution in [0.3, 0.4) is 0 Å². The number of fused-ring (bicyclic) bond motifs is 1. The van der Waals surface area contributed by atoms with Gasteiger partial charge in [-0.15, -0.1) is 0 Å². The molecule has 3 rings (SSSR count). The van der Waals surface area contributed by atoms with Gasteiger partial charge in [-0.25, -0.2) is 8.78 Å². The van der Waals surface area contributed by atoms with Gasteiger partial charge < -0.3 is 5.11 Å². The molecular formula is C16H13F2NO. The molecule has 1 aliphatic rings. The molecule has 1 aromatic carbocycles. The Kier molecular flexibility index (Phi) is 3.32. The van der Waals surface area contributed by atoms with Crippen molar-refractivity contribution in [2.75, 3.05) is 0 Å². The molecule has 0 saturated heterocycles. The highest BCUT2D eigenvalue weighted by Crippen LogP contribution is 2.34.